The van der Waals surface area contributed by atoms with Gasteiger partial charge in [-0.3, -0.25) is 4.79 Å². The maximum atomic E-state index is 11.5. The van der Waals surface area contributed by atoms with Crippen LogP contribution in [0.3, 0.4) is 0 Å². The maximum absolute atomic E-state index is 11.5. The third-order valence-corrected chi connectivity index (χ3v) is 2.93. The Hall–Kier alpha value is -2.24. The molecule has 0 fully saturated rings. The van der Waals surface area contributed by atoms with Crippen molar-refractivity contribution in [2.45, 2.75) is 33.1 Å². The van der Waals surface area contributed by atoms with Crippen LogP contribution in [-0.2, 0) is 4.79 Å². The molecule has 22 heavy (non-hydrogen) atoms. The first kappa shape index (κ1) is 17.8. The van der Waals surface area contributed by atoms with Gasteiger partial charge >= 0.3 is 0 Å². The summed E-state index contributed by atoms with van der Waals surface area (Å²) in [6.45, 7) is 4.43. The largest absolute Gasteiger partial charge is 0.493 e. The lowest BCUT2D eigenvalue weighted by atomic mass is 10.2. The number of benzene rings is 1. The molecule has 0 saturated carbocycles. The predicted octanol–water partition coefficient (Wildman–Crippen LogP) is 2.74. The minimum Gasteiger partial charge on any atom is -0.493 e. The van der Waals surface area contributed by atoms with E-state index in [0.717, 1.165) is 18.4 Å². The summed E-state index contributed by atoms with van der Waals surface area (Å²) in [5.41, 5.74) is 3.24. The highest BCUT2D eigenvalue weighted by atomic mass is 16.5. The van der Waals surface area contributed by atoms with E-state index in [2.05, 4.69) is 10.5 Å². The minimum atomic E-state index is -0.0945. The van der Waals surface area contributed by atoms with Crippen molar-refractivity contribution in [2.75, 3.05) is 20.8 Å². The van der Waals surface area contributed by atoms with Crippen LogP contribution >= 0.6 is 0 Å². The molecule has 0 heterocycles. The first-order valence-corrected chi connectivity index (χ1v) is 7.36. The zero-order valence-corrected chi connectivity index (χ0v) is 13.6. The van der Waals surface area contributed by atoms with Gasteiger partial charge in [0.15, 0.2) is 11.5 Å². The molecule has 0 aliphatic rings. The third-order valence-electron chi connectivity index (χ3n) is 2.93. The number of nitrogens with one attached hydrogen (secondary N) is 1. The van der Waals surface area contributed by atoms with Gasteiger partial charge in [-0.2, -0.15) is 5.10 Å². The molecule has 0 bridgehead atoms. The topological polar surface area (TPSA) is 69.2 Å². The Morgan fingerprint density at radius 2 is 1.86 bits per heavy atom. The van der Waals surface area contributed by atoms with E-state index in [4.69, 9.17) is 14.2 Å². The summed E-state index contributed by atoms with van der Waals surface area (Å²) in [5.74, 6) is 1.57. The Balaban J connectivity index is 2.84. The fourth-order valence-electron chi connectivity index (χ4n) is 1.83. The zero-order valence-electron chi connectivity index (χ0n) is 13.6. The first-order valence-electron chi connectivity index (χ1n) is 7.36. The summed E-state index contributed by atoms with van der Waals surface area (Å²) in [4.78, 5) is 11.5. The maximum Gasteiger partial charge on any atom is 0.240 e. The molecule has 1 amide bonds. The van der Waals surface area contributed by atoms with Gasteiger partial charge in [0.25, 0.3) is 0 Å². The van der Waals surface area contributed by atoms with Crippen molar-refractivity contribution in [3.63, 3.8) is 0 Å². The molecule has 6 heteroatoms. The van der Waals surface area contributed by atoms with E-state index in [1.165, 1.54) is 0 Å². The molecule has 0 spiro atoms. The normalized spacial score (nSPS) is 10.5. The standard InChI is InChI=1S/C16H24N2O4/c1-5-7-8-15(19)18-17-11-12-9-13(20-3)16(22-6-2)14(10-12)21-4/h9-11H,5-8H2,1-4H3,(H,18,19)/b17-11+. The number of rotatable bonds is 9. The summed E-state index contributed by atoms with van der Waals surface area (Å²) in [7, 11) is 3.12. The monoisotopic (exact) mass is 308 g/mol. The Kier molecular flexibility index (Phi) is 7.81. The van der Waals surface area contributed by atoms with Gasteiger partial charge in [0.05, 0.1) is 27.0 Å². The smallest absolute Gasteiger partial charge is 0.240 e. The van der Waals surface area contributed by atoms with Gasteiger partial charge in [-0.25, -0.2) is 5.43 Å². The molecule has 122 valence electrons. The lowest BCUT2D eigenvalue weighted by Crippen LogP contribution is -2.16. The van der Waals surface area contributed by atoms with Gasteiger partial charge in [0.2, 0.25) is 11.7 Å². The molecule has 0 atom stereocenters. The van der Waals surface area contributed by atoms with Crippen molar-refractivity contribution in [3.8, 4) is 17.2 Å². The molecule has 0 aromatic heterocycles. The van der Waals surface area contributed by atoms with Gasteiger partial charge in [-0.1, -0.05) is 13.3 Å². The van der Waals surface area contributed by atoms with Crippen LogP contribution in [0.25, 0.3) is 0 Å². The van der Waals surface area contributed by atoms with Crippen molar-refractivity contribution in [1.29, 1.82) is 0 Å². The number of methoxy groups -OCH3 is 2. The van der Waals surface area contributed by atoms with E-state index < -0.39 is 0 Å². The van der Waals surface area contributed by atoms with E-state index >= 15 is 0 Å². The molecule has 0 saturated heterocycles. The highest BCUT2D eigenvalue weighted by Crippen LogP contribution is 2.38. The fraction of sp³-hybridized carbons (Fsp3) is 0.500. The Bertz CT molecular complexity index is 490. The molecule has 0 unspecified atom stereocenters. The molecule has 1 N–H and O–H groups in total. The zero-order chi connectivity index (χ0) is 16.4. The molecular formula is C16H24N2O4. The van der Waals surface area contributed by atoms with Gasteiger partial charge < -0.3 is 14.2 Å². The van der Waals surface area contributed by atoms with E-state index in [0.29, 0.717) is 30.3 Å². The molecule has 1 rings (SSSR count). The quantitative estimate of drug-likeness (QED) is 0.562. The Morgan fingerprint density at radius 1 is 1.23 bits per heavy atom. The molecule has 1 aromatic rings. The second kappa shape index (κ2) is 9.65. The average molecular weight is 308 g/mol. The van der Waals surface area contributed by atoms with E-state index in [9.17, 15) is 4.79 Å². The highest BCUT2D eigenvalue weighted by molar-refractivity contribution is 5.84. The van der Waals surface area contributed by atoms with Crippen molar-refractivity contribution < 1.29 is 19.0 Å². The Morgan fingerprint density at radius 3 is 2.36 bits per heavy atom. The van der Waals surface area contributed by atoms with Gasteiger partial charge in [0.1, 0.15) is 0 Å². The number of hydrogen-bond donors (Lipinski definition) is 1. The molecule has 6 nitrogen and oxygen atoms in total. The van der Waals surface area contributed by atoms with Crippen molar-refractivity contribution in [3.05, 3.63) is 17.7 Å². The molecule has 0 aliphatic carbocycles. The van der Waals surface area contributed by atoms with E-state index in [1.54, 1.807) is 32.6 Å². The van der Waals surface area contributed by atoms with Crippen LogP contribution in [0.15, 0.2) is 17.2 Å². The predicted molar refractivity (Wildman–Crippen MR) is 86.0 cm³/mol. The van der Waals surface area contributed by atoms with Crippen molar-refractivity contribution in [1.82, 2.24) is 5.43 Å². The fourth-order valence-corrected chi connectivity index (χ4v) is 1.83. The summed E-state index contributed by atoms with van der Waals surface area (Å²) in [5, 5.41) is 3.94. The Labute approximate surface area is 131 Å². The van der Waals surface area contributed by atoms with Crippen LogP contribution in [0, 0.1) is 0 Å². The molecule has 0 radical (unpaired) electrons. The summed E-state index contributed by atoms with van der Waals surface area (Å²) >= 11 is 0. The van der Waals surface area contributed by atoms with Crippen molar-refractivity contribution >= 4 is 12.1 Å². The number of ether oxygens (including phenoxy) is 3. The van der Waals surface area contributed by atoms with Crippen LogP contribution < -0.4 is 19.6 Å². The SMILES string of the molecule is CCCCC(=O)N/N=C/c1cc(OC)c(OCC)c(OC)c1. The molecular weight excluding hydrogens is 284 g/mol. The van der Waals surface area contributed by atoms with E-state index in [1.807, 2.05) is 13.8 Å². The number of hydrogen-bond acceptors (Lipinski definition) is 5. The number of nitrogens with zero attached hydrogens (tertiary/aromatic N) is 1. The summed E-state index contributed by atoms with van der Waals surface area (Å²) in [6.07, 6.45) is 3.85. The molecule has 0 aliphatic heterocycles. The number of carbonyl (C=O) groups is 1. The highest BCUT2D eigenvalue weighted by Gasteiger charge is 2.13. The summed E-state index contributed by atoms with van der Waals surface area (Å²) in [6, 6.07) is 3.55. The number of unbranched alkanes of at least 4 members (excludes halogenated alkanes) is 1. The van der Waals surface area contributed by atoms with Crippen LogP contribution in [0.4, 0.5) is 0 Å². The molecule has 1 aromatic carbocycles. The average Bonchev–Trinajstić information content (AvgIpc) is 2.53. The number of carbonyl (C=O) groups excluding carboxylic acids is 1. The van der Waals surface area contributed by atoms with Gasteiger partial charge in [-0.15, -0.1) is 0 Å². The minimum absolute atomic E-state index is 0.0945. The van der Waals surface area contributed by atoms with Gasteiger partial charge in [0, 0.05) is 12.0 Å². The van der Waals surface area contributed by atoms with Crippen molar-refractivity contribution in [2.24, 2.45) is 5.10 Å². The van der Waals surface area contributed by atoms with Crippen LogP contribution in [0.5, 0.6) is 17.2 Å². The lowest BCUT2D eigenvalue weighted by molar-refractivity contribution is -0.121. The number of hydrazone groups is 1. The summed E-state index contributed by atoms with van der Waals surface area (Å²) < 4.78 is 16.1. The second-order valence-electron chi connectivity index (χ2n) is 4.58. The lowest BCUT2D eigenvalue weighted by Gasteiger charge is -2.14. The van der Waals surface area contributed by atoms with Crippen LogP contribution in [0.2, 0.25) is 0 Å². The first-order chi connectivity index (χ1) is 10.7. The second-order valence-corrected chi connectivity index (χ2v) is 4.58. The van der Waals surface area contributed by atoms with E-state index in [-0.39, 0.29) is 5.91 Å². The van der Waals surface area contributed by atoms with Gasteiger partial charge in [-0.05, 0) is 25.5 Å². The van der Waals surface area contributed by atoms with Crippen LogP contribution in [-0.4, -0.2) is 32.9 Å². The van der Waals surface area contributed by atoms with Crippen LogP contribution in [0.1, 0.15) is 38.7 Å². The number of amides is 1. The third kappa shape index (κ3) is 5.27.